The number of carboxylic acids is 2. The van der Waals surface area contributed by atoms with Crippen LogP contribution in [-0.2, 0) is 9.59 Å². The van der Waals surface area contributed by atoms with Crippen LogP contribution in [-0.4, -0.2) is 27.3 Å². The molecule has 2 atom stereocenters. The van der Waals surface area contributed by atoms with E-state index in [1.165, 1.54) is 75.1 Å². The van der Waals surface area contributed by atoms with Crippen LogP contribution in [0, 0.1) is 5.41 Å². The summed E-state index contributed by atoms with van der Waals surface area (Å²) in [5.74, 6) is -3.03. The summed E-state index contributed by atoms with van der Waals surface area (Å²) in [5.41, 5.74) is -0.798. The highest BCUT2D eigenvalue weighted by Gasteiger charge is 2.45. The molecule has 138 valence electrons. The van der Waals surface area contributed by atoms with Gasteiger partial charge in [0.25, 0.3) is 0 Å². The van der Waals surface area contributed by atoms with E-state index in [-0.39, 0.29) is 11.3 Å². The van der Waals surface area contributed by atoms with Crippen molar-refractivity contribution < 1.29 is 24.9 Å². The van der Waals surface area contributed by atoms with Gasteiger partial charge in [-0.05, 0) is 50.3 Å². The molecule has 3 rings (SSSR count). The Balaban J connectivity index is 0.000000342. The van der Waals surface area contributed by atoms with E-state index in [9.17, 15) is 24.9 Å². The highest BCUT2D eigenvalue weighted by Crippen LogP contribution is 2.45. The Morgan fingerprint density at radius 2 is 1.62 bits per heavy atom. The van der Waals surface area contributed by atoms with Crippen molar-refractivity contribution in [3.05, 3.63) is 65.8 Å². The molecule has 26 heavy (non-hydrogen) atoms. The highest BCUT2D eigenvalue weighted by atomic mass is 16.4. The fourth-order valence-corrected chi connectivity index (χ4v) is 3.21. The lowest BCUT2D eigenvalue weighted by molar-refractivity contribution is -0.146. The third-order valence-corrected chi connectivity index (χ3v) is 4.72. The minimum absolute atomic E-state index is 0.0167. The Morgan fingerprint density at radius 1 is 1.04 bits per heavy atom. The minimum Gasteiger partial charge on any atom is -0.508 e. The number of carboxylic acid groups (broad SMARTS) is 2. The SMILES string of the molecule is C1=CCCCC1.CC1(C(=O)O)C=CC=C(C(=O)O)C1c1ccc(O)cc1. The molecule has 0 amide bonds. The van der Waals surface area contributed by atoms with E-state index in [2.05, 4.69) is 12.2 Å². The molecule has 0 spiro atoms. The number of aliphatic carboxylic acids is 2. The molecule has 0 bridgehead atoms. The topological polar surface area (TPSA) is 94.8 Å². The largest absolute Gasteiger partial charge is 0.508 e. The zero-order chi connectivity index (χ0) is 19.2. The van der Waals surface area contributed by atoms with Crippen molar-refractivity contribution in [3.8, 4) is 5.75 Å². The second-order valence-corrected chi connectivity index (χ2v) is 6.65. The first-order valence-corrected chi connectivity index (χ1v) is 8.66. The fourth-order valence-electron chi connectivity index (χ4n) is 3.21. The van der Waals surface area contributed by atoms with Crippen LogP contribution in [0.2, 0.25) is 0 Å². The van der Waals surface area contributed by atoms with Gasteiger partial charge in [0.2, 0.25) is 0 Å². The van der Waals surface area contributed by atoms with Gasteiger partial charge < -0.3 is 15.3 Å². The number of hydrogen-bond acceptors (Lipinski definition) is 3. The van der Waals surface area contributed by atoms with Gasteiger partial charge in [0.15, 0.2) is 0 Å². The molecule has 1 aromatic rings. The van der Waals surface area contributed by atoms with Crippen LogP contribution in [0.15, 0.2) is 60.2 Å². The first kappa shape index (κ1) is 19.5. The normalized spacial score (nSPS) is 24.2. The number of aromatic hydroxyl groups is 1. The highest BCUT2D eigenvalue weighted by molar-refractivity contribution is 5.93. The van der Waals surface area contributed by atoms with Crippen LogP contribution in [0.1, 0.15) is 44.1 Å². The van der Waals surface area contributed by atoms with Gasteiger partial charge in [0.1, 0.15) is 5.75 Å². The Bertz CT molecular complexity index is 734. The van der Waals surface area contributed by atoms with E-state index in [4.69, 9.17) is 0 Å². The van der Waals surface area contributed by atoms with Gasteiger partial charge in [-0.25, -0.2) is 4.79 Å². The minimum atomic E-state index is -1.35. The van der Waals surface area contributed by atoms with Gasteiger partial charge in [-0.1, -0.05) is 42.5 Å². The summed E-state index contributed by atoms with van der Waals surface area (Å²) in [5, 5.41) is 28.1. The van der Waals surface area contributed by atoms with Crippen molar-refractivity contribution in [2.45, 2.75) is 38.5 Å². The Kier molecular flexibility index (Phi) is 6.39. The van der Waals surface area contributed by atoms with Crippen molar-refractivity contribution in [1.82, 2.24) is 0 Å². The lowest BCUT2D eigenvalue weighted by atomic mass is 9.67. The molecule has 0 fully saturated rings. The third-order valence-electron chi connectivity index (χ3n) is 4.72. The zero-order valence-electron chi connectivity index (χ0n) is 14.8. The maximum absolute atomic E-state index is 11.6. The average molecular weight is 356 g/mol. The molecular weight excluding hydrogens is 332 g/mol. The zero-order valence-corrected chi connectivity index (χ0v) is 14.8. The molecule has 5 heteroatoms. The predicted molar refractivity (Wildman–Crippen MR) is 99.1 cm³/mol. The summed E-state index contributed by atoms with van der Waals surface area (Å²) in [4.78, 5) is 22.9. The van der Waals surface area contributed by atoms with Crippen LogP contribution in [0.25, 0.3) is 0 Å². The molecule has 0 aromatic heterocycles. The Morgan fingerprint density at radius 3 is 2.04 bits per heavy atom. The molecule has 2 unspecified atom stereocenters. The van der Waals surface area contributed by atoms with Crippen LogP contribution in [0.4, 0.5) is 0 Å². The smallest absolute Gasteiger partial charge is 0.332 e. The van der Waals surface area contributed by atoms with E-state index in [1.54, 1.807) is 0 Å². The van der Waals surface area contributed by atoms with Crippen LogP contribution < -0.4 is 0 Å². The first-order chi connectivity index (χ1) is 12.4. The molecule has 2 aliphatic carbocycles. The number of phenols is 1. The van der Waals surface area contributed by atoms with Gasteiger partial charge in [-0.3, -0.25) is 4.79 Å². The molecule has 0 saturated carbocycles. The third kappa shape index (κ3) is 4.42. The molecule has 0 radical (unpaired) electrons. The number of phenolic OH excluding ortho intramolecular Hbond substituents is 1. The van der Waals surface area contributed by atoms with Gasteiger partial charge >= 0.3 is 11.9 Å². The van der Waals surface area contributed by atoms with Crippen LogP contribution >= 0.6 is 0 Å². The van der Waals surface area contributed by atoms with Gasteiger partial charge in [-0.2, -0.15) is 0 Å². The van der Waals surface area contributed by atoms with E-state index >= 15 is 0 Å². The molecule has 0 aliphatic heterocycles. The van der Waals surface area contributed by atoms with Gasteiger partial charge in [0, 0.05) is 11.5 Å². The number of rotatable bonds is 3. The van der Waals surface area contributed by atoms with Crippen molar-refractivity contribution in [3.63, 3.8) is 0 Å². The van der Waals surface area contributed by atoms with Crippen molar-refractivity contribution in [2.24, 2.45) is 5.41 Å². The number of carbonyl (C=O) groups is 2. The summed E-state index contributed by atoms with van der Waals surface area (Å²) in [6.45, 7) is 1.49. The average Bonchev–Trinajstić information content (AvgIpc) is 2.64. The lowest BCUT2D eigenvalue weighted by Crippen LogP contribution is -2.36. The van der Waals surface area contributed by atoms with Crippen molar-refractivity contribution >= 4 is 11.9 Å². The van der Waals surface area contributed by atoms with Crippen LogP contribution in [0.3, 0.4) is 0 Å². The maximum Gasteiger partial charge on any atom is 0.332 e. The summed E-state index contributed by atoms with van der Waals surface area (Å²) < 4.78 is 0. The summed E-state index contributed by atoms with van der Waals surface area (Å²) >= 11 is 0. The number of hydrogen-bond donors (Lipinski definition) is 3. The van der Waals surface area contributed by atoms with E-state index in [1.807, 2.05) is 0 Å². The molecule has 2 aliphatic rings. The van der Waals surface area contributed by atoms with E-state index in [0.29, 0.717) is 5.56 Å². The Hall–Kier alpha value is -2.82. The molecule has 1 aromatic carbocycles. The molecular formula is C21H24O5. The maximum atomic E-state index is 11.6. The lowest BCUT2D eigenvalue weighted by Gasteiger charge is -2.34. The quantitative estimate of drug-likeness (QED) is 0.703. The van der Waals surface area contributed by atoms with Crippen molar-refractivity contribution in [2.75, 3.05) is 0 Å². The second kappa shape index (κ2) is 8.52. The number of benzene rings is 1. The van der Waals surface area contributed by atoms with Crippen molar-refractivity contribution in [1.29, 1.82) is 0 Å². The molecule has 0 heterocycles. The molecule has 5 nitrogen and oxygen atoms in total. The summed E-state index contributed by atoms with van der Waals surface area (Å²) in [6, 6.07) is 5.90. The summed E-state index contributed by atoms with van der Waals surface area (Å²) in [7, 11) is 0. The Labute approximate surface area is 153 Å². The van der Waals surface area contributed by atoms with E-state index < -0.39 is 23.3 Å². The predicted octanol–water partition coefficient (Wildman–Crippen LogP) is 4.26. The molecule has 0 saturated heterocycles. The monoisotopic (exact) mass is 356 g/mol. The second-order valence-electron chi connectivity index (χ2n) is 6.65. The number of allylic oxidation sites excluding steroid dienone is 4. The van der Waals surface area contributed by atoms with E-state index in [0.717, 1.165) is 0 Å². The van der Waals surface area contributed by atoms with Gasteiger partial charge in [0.05, 0.1) is 5.41 Å². The summed E-state index contributed by atoms with van der Waals surface area (Å²) in [6.07, 6.45) is 14.3. The standard InChI is InChI=1S/C15H14O5.C6H10/c1-15(14(19)20)8-2-3-11(13(17)18)12(15)9-4-6-10(16)7-5-9;1-2-4-6-5-3-1/h2-8,12,16H,1H3,(H,17,18)(H,19,20);1-2H,3-6H2. The van der Waals surface area contributed by atoms with Crippen LogP contribution in [0.5, 0.6) is 5.75 Å². The first-order valence-electron chi connectivity index (χ1n) is 8.66. The molecule has 3 N–H and O–H groups in total. The fraction of sp³-hybridized carbons (Fsp3) is 0.333. The van der Waals surface area contributed by atoms with Gasteiger partial charge in [-0.15, -0.1) is 0 Å².